The zero-order chi connectivity index (χ0) is 30.6. The third kappa shape index (κ3) is 7.14. The Kier molecular flexibility index (Phi) is 8.95. The van der Waals surface area contributed by atoms with Crippen LogP contribution < -0.4 is 10.2 Å². The first kappa shape index (κ1) is 30.0. The number of nitrogens with one attached hydrogen (secondary N) is 1. The summed E-state index contributed by atoms with van der Waals surface area (Å²) in [6, 6.07) is 24.6. The lowest BCUT2D eigenvalue weighted by molar-refractivity contribution is 0.0544. The Morgan fingerprint density at radius 3 is 2.33 bits per heavy atom. The van der Waals surface area contributed by atoms with Gasteiger partial charge in [0.15, 0.2) is 5.78 Å². The molecule has 43 heavy (non-hydrogen) atoms. The normalized spacial score (nSPS) is 14.8. The number of anilines is 1. The number of nitriles is 1. The van der Waals surface area contributed by atoms with E-state index < -0.39 is 17.7 Å². The Balaban J connectivity index is 1.49. The number of ether oxygens (including phenoxy) is 1. The molecule has 3 aromatic carbocycles. The minimum atomic E-state index is -0.688. The van der Waals surface area contributed by atoms with Crippen molar-refractivity contribution in [2.24, 2.45) is 0 Å². The second-order valence-electron chi connectivity index (χ2n) is 12.1. The largest absolute Gasteiger partial charge is 0.443 e. The number of likely N-dealkylation sites (N-methyl/N-ethyl adjacent to an activating group) is 1. The molecule has 0 spiro atoms. The van der Waals surface area contributed by atoms with Gasteiger partial charge in [0.25, 0.3) is 0 Å². The van der Waals surface area contributed by atoms with E-state index in [1.807, 2.05) is 81.4 Å². The number of ketones is 1. The first-order chi connectivity index (χ1) is 20.6. The molecule has 8 heteroatoms. The first-order valence-corrected chi connectivity index (χ1v) is 14.8. The van der Waals surface area contributed by atoms with Crippen LogP contribution >= 0.6 is 0 Å². The van der Waals surface area contributed by atoms with E-state index in [4.69, 9.17) is 10.00 Å². The fraction of sp³-hybridized carbons (Fsp3) is 0.343. The van der Waals surface area contributed by atoms with Gasteiger partial charge in [-0.05, 0) is 69.6 Å². The summed E-state index contributed by atoms with van der Waals surface area (Å²) in [6.45, 7) is 9.75. The van der Waals surface area contributed by atoms with E-state index in [-0.39, 0.29) is 5.78 Å². The third-order valence-electron chi connectivity index (χ3n) is 7.75. The Morgan fingerprint density at radius 2 is 1.67 bits per heavy atom. The quantitative estimate of drug-likeness (QED) is 0.265. The second kappa shape index (κ2) is 12.8. The summed E-state index contributed by atoms with van der Waals surface area (Å²) in [6.07, 6.45) is 1.81. The highest BCUT2D eigenvalue weighted by atomic mass is 16.6. The van der Waals surface area contributed by atoms with Crippen LogP contribution in [0.15, 0.2) is 79.0 Å². The van der Waals surface area contributed by atoms with Crippen molar-refractivity contribution in [2.75, 3.05) is 44.7 Å². The minimum absolute atomic E-state index is 0.120. The molecule has 0 radical (unpaired) electrons. The number of hydrogen-bond donors (Lipinski definition) is 1. The van der Waals surface area contributed by atoms with E-state index in [1.54, 1.807) is 18.3 Å². The minimum Gasteiger partial charge on any atom is -0.443 e. The van der Waals surface area contributed by atoms with Gasteiger partial charge >= 0.3 is 6.09 Å². The fourth-order valence-electron chi connectivity index (χ4n) is 5.40. The summed E-state index contributed by atoms with van der Waals surface area (Å²) >= 11 is 0. The smallest absolute Gasteiger partial charge is 0.419 e. The molecule has 1 aliphatic rings. The van der Waals surface area contributed by atoms with Gasteiger partial charge in [0.2, 0.25) is 0 Å². The predicted molar refractivity (Wildman–Crippen MR) is 170 cm³/mol. The number of piperazine rings is 1. The van der Waals surface area contributed by atoms with Crippen molar-refractivity contribution < 1.29 is 14.3 Å². The summed E-state index contributed by atoms with van der Waals surface area (Å²) in [4.78, 5) is 32.4. The fourth-order valence-corrected chi connectivity index (χ4v) is 5.40. The molecule has 0 amide bonds. The van der Waals surface area contributed by atoms with E-state index >= 15 is 0 Å². The van der Waals surface area contributed by atoms with Crippen molar-refractivity contribution >= 4 is 28.5 Å². The third-order valence-corrected chi connectivity index (χ3v) is 7.75. The van der Waals surface area contributed by atoms with Crippen LogP contribution in [0.1, 0.15) is 53.9 Å². The molecule has 0 aliphatic carbocycles. The molecule has 1 unspecified atom stereocenters. The maximum Gasteiger partial charge on any atom is 0.419 e. The summed E-state index contributed by atoms with van der Waals surface area (Å²) < 4.78 is 7.23. The molecule has 222 valence electrons. The van der Waals surface area contributed by atoms with Crippen molar-refractivity contribution in [2.45, 2.75) is 38.8 Å². The molecule has 1 aromatic heterocycles. The molecule has 8 nitrogen and oxygen atoms in total. The van der Waals surface area contributed by atoms with Crippen LogP contribution in [0.2, 0.25) is 0 Å². The molecule has 1 atom stereocenters. The molecule has 0 saturated carbocycles. The number of fused-ring (bicyclic) bond motifs is 1. The van der Waals surface area contributed by atoms with E-state index in [0.717, 1.165) is 43.0 Å². The van der Waals surface area contributed by atoms with Crippen LogP contribution in [-0.4, -0.2) is 66.7 Å². The molecule has 1 N–H and O–H groups in total. The van der Waals surface area contributed by atoms with Gasteiger partial charge in [-0.2, -0.15) is 5.26 Å². The lowest BCUT2D eigenvalue weighted by atomic mass is 9.96. The Labute approximate surface area is 253 Å². The zero-order valence-electron chi connectivity index (χ0n) is 25.3. The van der Waals surface area contributed by atoms with Crippen molar-refractivity contribution in [1.29, 1.82) is 5.26 Å². The van der Waals surface area contributed by atoms with Crippen molar-refractivity contribution in [3.05, 3.63) is 101 Å². The van der Waals surface area contributed by atoms with Gasteiger partial charge in [-0.15, -0.1) is 0 Å². The summed E-state index contributed by atoms with van der Waals surface area (Å²) in [5.74, 6) is -0.120. The number of carbonyl (C=O) groups is 2. The van der Waals surface area contributed by atoms with Gasteiger partial charge in [-0.25, -0.2) is 4.79 Å². The average molecular weight is 578 g/mol. The standard InChI is InChI=1S/C35H39N5O3/c1-35(2,3)43-34(42)40-24-30(29-15-14-28(22-31(29)40)39-20-18-38(4)19-21-39)33(41)32(27-8-6-5-7-9-27)37-17-16-25-10-12-26(23-36)13-11-25/h5-15,22,24,32,37H,16-21H2,1-4H3. The molecule has 4 aromatic rings. The Hall–Kier alpha value is -4.45. The monoisotopic (exact) mass is 577 g/mol. The summed E-state index contributed by atoms with van der Waals surface area (Å²) in [7, 11) is 2.12. The topological polar surface area (TPSA) is 90.6 Å². The highest BCUT2D eigenvalue weighted by Crippen LogP contribution is 2.31. The molecule has 0 bridgehead atoms. The van der Waals surface area contributed by atoms with Crippen molar-refractivity contribution in [3.63, 3.8) is 0 Å². The summed E-state index contributed by atoms with van der Waals surface area (Å²) in [5.41, 5.74) is 3.98. The van der Waals surface area contributed by atoms with E-state index in [0.29, 0.717) is 35.0 Å². The Bertz CT molecular complexity index is 1620. The van der Waals surface area contributed by atoms with Gasteiger partial charge in [-0.3, -0.25) is 9.36 Å². The second-order valence-corrected chi connectivity index (χ2v) is 12.1. The number of aromatic nitrogens is 1. The molecule has 1 fully saturated rings. The zero-order valence-corrected chi connectivity index (χ0v) is 25.3. The van der Waals surface area contributed by atoms with Crippen LogP contribution in [0.25, 0.3) is 10.9 Å². The summed E-state index contributed by atoms with van der Waals surface area (Å²) in [5, 5.41) is 13.3. The Morgan fingerprint density at radius 1 is 0.977 bits per heavy atom. The molecular weight excluding hydrogens is 538 g/mol. The number of Topliss-reactive ketones (excluding diaryl/α,β-unsaturated/α-hetero) is 1. The lowest BCUT2D eigenvalue weighted by Crippen LogP contribution is -2.44. The van der Waals surface area contributed by atoms with Crippen molar-refractivity contribution in [1.82, 2.24) is 14.8 Å². The van der Waals surface area contributed by atoms with Crippen molar-refractivity contribution in [3.8, 4) is 6.07 Å². The maximum absolute atomic E-state index is 14.3. The molecular formula is C35H39N5O3. The van der Waals surface area contributed by atoms with Crippen LogP contribution in [0.4, 0.5) is 10.5 Å². The van der Waals surface area contributed by atoms with Crippen LogP contribution in [0.5, 0.6) is 0 Å². The number of benzene rings is 3. The maximum atomic E-state index is 14.3. The molecule has 2 heterocycles. The number of rotatable bonds is 8. The predicted octanol–water partition coefficient (Wildman–Crippen LogP) is 5.80. The molecule has 1 saturated heterocycles. The number of nitrogens with zero attached hydrogens (tertiary/aromatic N) is 4. The molecule has 1 aliphatic heterocycles. The van der Waals surface area contributed by atoms with Crippen LogP contribution in [-0.2, 0) is 11.2 Å². The number of carbonyl (C=O) groups excluding carboxylic acids is 2. The van der Waals surface area contributed by atoms with E-state index in [9.17, 15) is 9.59 Å². The SMILES string of the molecule is CN1CCN(c2ccc3c(C(=O)C(NCCc4ccc(C#N)cc4)c4ccccc4)cn(C(=O)OC(C)(C)C)c3c2)CC1. The lowest BCUT2D eigenvalue weighted by Gasteiger charge is -2.34. The van der Waals surface area contributed by atoms with Gasteiger partial charge in [0.1, 0.15) is 5.60 Å². The highest BCUT2D eigenvalue weighted by molar-refractivity contribution is 6.12. The van der Waals surface area contributed by atoms with Crippen LogP contribution in [0.3, 0.4) is 0 Å². The van der Waals surface area contributed by atoms with Gasteiger partial charge < -0.3 is 19.9 Å². The highest BCUT2D eigenvalue weighted by Gasteiger charge is 2.28. The van der Waals surface area contributed by atoms with Gasteiger partial charge in [0, 0.05) is 55.6 Å². The molecule has 5 rings (SSSR count). The first-order valence-electron chi connectivity index (χ1n) is 14.8. The number of hydrogen-bond acceptors (Lipinski definition) is 7. The van der Waals surface area contributed by atoms with Gasteiger partial charge in [-0.1, -0.05) is 48.5 Å². The van der Waals surface area contributed by atoms with Gasteiger partial charge in [0.05, 0.1) is 23.2 Å². The van der Waals surface area contributed by atoms with Crippen LogP contribution in [0, 0.1) is 11.3 Å². The van der Waals surface area contributed by atoms with E-state index in [2.05, 4.69) is 28.2 Å². The van der Waals surface area contributed by atoms with E-state index in [1.165, 1.54) is 4.57 Å². The average Bonchev–Trinajstić information content (AvgIpc) is 3.38.